The molecule has 0 aliphatic heterocycles. The molecule has 0 aromatic heterocycles. The summed E-state index contributed by atoms with van der Waals surface area (Å²) in [6.45, 7) is 15.8. The van der Waals surface area contributed by atoms with Gasteiger partial charge in [0.2, 0.25) is 0 Å². The highest BCUT2D eigenvalue weighted by molar-refractivity contribution is 4.89. The monoisotopic (exact) mass is 197 g/mol. The van der Waals surface area contributed by atoms with Crippen molar-refractivity contribution in [3.63, 3.8) is 0 Å². The van der Waals surface area contributed by atoms with Crippen LogP contribution in [0, 0.1) is 17.8 Å². The highest BCUT2D eigenvalue weighted by Crippen LogP contribution is 2.49. The van der Waals surface area contributed by atoms with Crippen molar-refractivity contribution in [2.75, 3.05) is 0 Å². The number of hydrogen-bond donors (Lipinski definition) is 0. The van der Waals surface area contributed by atoms with Crippen molar-refractivity contribution < 1.29 is 0 Å². The first kappa shape index (κ1) is 14.0. The van der Waals surface area contributed by atoms with E-state index in [1.54, 1.807) is 0 Å². The van der Waals surface area contributed by atoms with Crippen molar-refractivity contribution in [1.82, 2.24) is 0 Å². The van der Waals surface area contributed by atoms with Crippen LogP contribution in [0.4, 0.5) is 0 Å². The van der Waals surface area contributed by atoms with Gasteiger partial charge in [0.05, 0.1) is 0 Å². The second-order valence-corrected chi connectivity index (χ2v) is 5.63. The lowest BCUT2D eigenvalue weighted by Crippen LogP contribution is -2.35. The third-order valence-corrected chi connectivity index (χ3v) is 3.70. The molecule has 0 atom stereocenters. The van der Waals surface area contributed by atoms with Crippen LogP contribution in [0.15, 0.2) is 0 Å². The van der Waals surface area contributed by atoms with Crippen LogP contribution >= 0.6 is 0 Å². The Kier molecular flexibility index (Phi) is 5.78. The Morgan fingerprint density at radius 1 is 0.857 bits per heavy atom. The summed E-state index contributed by atoms with van der Waals surface area (Å²) in [4.78, 5) is 0. The largest absolute Gasteiger partial charge is 0.0654 e. The van der Waals surface area contributed by atoms with Gasteiger partial charge >= 0.3 is 0 Å². The van der Waals surface area contributed by atoms with Gasteiger partial charge in [0.15, 0.2) is 0 Å². The Morgan fingerprint density at radius 3 is 1.50 bits per heavy atom. The van der Waals surface area contributed by atoms with E-state index >= 15 is 0 Å². The molecule has 0 heteroatoms. The predicted octanol–water partition coefficient (Wildman–Crippen LogP) is 5.23. The van der Waals surface area contributed by atoms with E-state index in [-0.39, 0.29) is 0 Å². The van der Waals surface area contributed by atoms with Crippen LogP contribution in [0.2, 0.25) is 0 Å². The minimum absolute atomic E-state index is 0.427. The molecule has 0 saturated carbocycles. The molecule has 0 spiro atoms. The molecule has 85 valence electrons. The van der Waals surface area contributed by atoms with Crippen molar-refractivity contribution in [2.24, 2.45) is 10.8 Å². The molecule has 0 aliphatic rings. The lowest BCUT2D eigenvalue weighted by molar-refractivity contribution is 0.0511. The lowest BCUT2D eigenvalue weighted by atomic mass is 9.60. The summed E-state index contributed by atoms with van der Waals surface area (Å²) in [5, 5.41) is 0. The maximum atomic E-state index is 4.05. The molecule has 1 radical (unpaired) electrons. The van der Waals surface area contributed by atoms with Crippen molar-refractivity contribution >= 4 is 0 Å². The van der Waals surface area contributed by atoms with Crippen LogP contribution in [0.1, 0.15) is 73.1 Å². The maximum absolute atomic E-state index is 4.05. The third-order valence-electron chi connectivity index (χ3n) is 3.70. The summed E-state index contributed by atoms with van der Waals surface area (Å²) in [7, 11) is 0. The van der Waals surface area contributed by atoms with Crippen LogP contribution in [0.25, 0.3) is 0 Å². The summed E-state index contributed by atoms with van der Waals surface area (Å²) in [6, 6.07) is 0. The van der Waals surface area contributed by atoms with E-state index in [0.717, 1.165) is 6.42 Å². The Morgan fingerprint density at radius 2 is 1.29 bits per heavy atom. The molecule has 0 saturated heterocycles. The van der Waals surface area contributed by atoms with Crippen LogP contribution in [-0.2, 0) is 0 Å². The molecular formula is C14H29. The Hall–Kier alpha value is 0. The molecule has 0 rings (SSSR count). The molecule has 0 aromatic carbocycles. The SMILES string of the molecule is [CH2]CCC(CCC)(CCC)C(C)(C)C. The first-order valence-corrected chi connectivity index (χ1v) is 6.22. The van der Waals surface area contributed by atoms with E-state index in [1.807, 2.05) is 0 Å². The first-order chi connectivity index (χ1) is 6.43. The fourth-order valence-corrected chi connectivity index (χ4v) is 2.80. The van der Waals surface area contributed by atoms with E-state index in [4.69, 9.17) is 0 Å². The van der Waals surface area contributed by atoms with Crippen LogP contribution in [0.5, 0.6) is 0 Å². The van der Waals surface area contributed by atoms with E-state index in [2.05, 4.69) is 41.5 Å². The average Bonchev–Trinajstić information content (AvgIpc) is 2.03. The van der Waals surface area contributed by atoms with E-state index < -0.39 is 0 Å². The van der Waals surface area contributed by atoms with Gasteiger partial charge in [-0.15, -0.1) is 0 Å². The average molecular weight is 197 g/mol. The normalized spacial score (nSPS) is 13.3. The van der Waals surface area contributed by atoms with Crippen molar-refractivity contribution in [1.29, 1.82) is 0 Å². The summed E-state index contributed by atoms with van der Waals surface area (Å²) in [5.74, 6) is 0. The second kappa shape index (κ2) is 5.78. The molecule has 0 aliphatic carbocycles. The summed E-state index contributed by atoms with van der Waals surface area (Å²) >= 11 is 0. The number of rotatable bonds is 6. The fraction of sp³-hybridized carbons (Fsp3) is 0.929. The van der Waals surface area contributed by atoms with Gasteiger partial charge in [-0.1, -0.05) is 60.8 Å². The molecule has 0 unspecified atom stereocenters. The van der Waals surface area contributed by atoms with Gasteiger partial charge in [0.1, 0.15) is 0 Å². The fourth-order valence-electron chi connectivity index (χ4n) is 2.80. The highest BCUT2D eigenvalue weighted by atomic mass is 14.4. The molecule has 0 bridgehead atoms. The smallest absolute Gasteiger partial charge is 0.0249 e. The molecule has 0 N–H and O–H groups in total. The Bertz CT molecular complexity index is 122. The van der Waals surface area contributed by atoms with Gasteiger partial charge < -0.3 is 0 Å². The minimum Gasteiger partial charge on any atom is -0.0654 e. The zero-order chi connectivity index (χ0) is 11.2. The van der Waals surface area contributed by atoms with Gasteiger partial charge in [-0.25, -0.2) is 0 Å². The highest BCUT2D eigenvalue weighted by Gasteiger charge is 2.38. The van der Waals surface area contributed by atoms with Crippen molar-refractivity contribution in [3.05, 3.63) is 6.92 Å². The van der Waals surface area contributed by atoms with Crippen LogP contribution < -0.4 is 0 Å². The van der Waals surface area contributed by atoms with Gasteiger partial charge in [-0.2, -0.15) is 0 Å². The molecular weight excluding hydrogens is 168 g/mol. The molecule has 0 aromatic rings. The van der Waals surface area contributed by atoms with Crippen LogP contribution in [-0.4, -0.2) is 0 Å². The topological polar surface area (TPSA) is 0 Å². The zero-order valence-corrected chi connectivity index (χ0v) is 10.9. The maximum Gasteiger partial charge on any atom is -0.0249 e. The second-order valence-electron chi connectivity index (χ2n) is 5.63. The van der Waals surface area contributed by atoms with Gasteiger partial charge in [-0.3, -0.25) is 0 Å². The van der Waals surface area contributed by atoms with Gasteiger partial charge in [-0.05, 0) is 30.1 Å². The van der Waals surface area contributed by atoms with E-state index in [0.29, 0.717) is 10.8 Å². The van der Waals surface area contributed by atoms with Gasteiger partial charge in [0, 0.05) is 0 Å². The van der Waals surface area contributed by atoms with Crippen LogP contribution in [0.3, 0.4) is 0 Å². The molecule has 14 heavy (non-hydrogen) atoms. The standard InChI is InChI=1S/C14H29/c1-7-10-14(11-8-2,12-9-3)13(4,5)6/h1,7-12H2,2-6H3. The summed E-state index contributed by atoms with van der Waals surface area (Å²) in [5.41, 5.74) is 0.953. The molecule has 0 nitrogen and oxygen atoms in total. The Labute approximate surface area is 91.5 Å². The minimum atomic E-state index is 0.427. The molecule has 0 amide bonds. The molecule has 0 fully saturated rings. The van der Waals surface area contributed by atoms with E-state index in [9.17, 15) is 0 Å². The van der Waals surface area contributed by atoms with Crippen molar-refractivity contribution in [2.45, 2.75) is 73.1 Å². The summed E-state index contributed by atoms with van der Waals surface area (Å²) in [6.07, 6.45) is 7.70. The summed E-state index contributed by atoms with van der Waals surface area (Å²) < 4.78 is 0. The van der Waals surface area contributed by atoms with E-state index in [1.165, 1.54) is 32.1 Å². The van der Waals surface area contributed by atoms with Gasteiger partial charge in [0.25, 0.3) is 0 Å². The quantitative estimate of drug-likeness (QED) is 0.546. The Balaban J connectivity index is 4.73. The predicted molar refractivity (Wildman–Crippen MR) is 66.3 cm³/mol. The van der Waals surface area contributed by atoms with Crippen molar-refractivity contribution in [3.8, 4) is 0 Å². The lowest BCUT2D eigenvalue weighted by Gasteiger charge is -2.45. The first-order valence-electron chi connectivity index (χ1n) is 6.22. The zero-order valence-electron chi connectivity index (χ0n) is 10.9. The molecule has 0 heterocycles. The number of hydrogen-bond acceptors (Lipinski definition) is 0. The third kappa shape index (κ3) is 3.29.